The Morgan fingerprint density at radius 2 is 1.24 bits per heavy atom. The van der Waals surface area contributed by atoms with Crippen molar-refractivity contribution in [2.45, 2.75) is 19.9 Å². The molecule has 0 spiro atoms. The smallest absolute Gasteiger partial charge is 0.0508 e. The number of hydrogen-bond acceptors (Lipinski definition) is 4. The van der Waals surface area contributed by atoms with Gasteiger partial charge < -0.3 is 4.90 Å². The van der Waals surface area contributed by atoms with Crippen LogP contribution in [0.25, 0.3) is 0 Å². The molecule has 4 heteroatoms. The first-order chi connectivity index (χ1) is 8.15. The highest BCUT2D eigenvalue weighted by molar-refractivity contribution is 4.76. The fourth-order valence-corrected chi connectivity index (χ4v) is 2.69. The molecule has 17 heavy (non-hydrogen) atoms. The monoisotopic (exact) mass is 240 g/mol. The molecule has 2 fully saturated rings. The molecule has 2 aliphatic rings. The first-order valence-corrected chi connectivity index (χ1v) is 7.02. The summed E-state index contributed by atoms with van der Waals surface area (Å²) in [6.45, 7) is 15.7. The van der Waals surface area contributed by atoms with Gasteiger partial charge in [0, 0.05) is 58.4 Å². The minimum Gasteiger partial charge on any atom is -0.304 e. The van der Waals surface area contributed by atoms with Crippen molar-refractivity contribution in [3.05, 3.63) is 0 Å². The molecular weight excluding hydrogens is 212 g/mol. The van der Waals surface area contributed by atoms with E-state index in [0.717, 1.165) is 0 Å². The van der Waals surface area contributed by atoms with Crippen LogP contribution < -0.4 is 0 Å². The minimum atomic E-state index is 0.709. The lowest BCUT2D eigenvalue weighted by atomic mass is 10.2. The number of hydrogen-bond donors (Lipinski definition) is 0. The van der Waals surface area contributed by atoms with E-state index in [9.17, 15) is 0 Å². The first kappa shape index (κ1) is 13.3. The first-order valence-electron chi connectivity index (χ1n) is 7.02. The lowest BCUT2D eigenvalue weighted by Gasteiger charge is -2.41. The molecule has 0 aromatic rings. The van der Waals surface area contributed by atoms with Gasteiger partial charge in [-0.25, -0.2) is 0 Å². The summed E-state index contributed by atoms with van der Waals surface area (Å²) in [5, 5.41) is 0. The van der Waals surface area contributed by atoms with E-state index >= 15 is 0 Å². The van der Waals surface area contributed by atoms with E-state index in [1.165, 1.54) is 59.0 Å². The zero-order valence-corrected chi connectivity index (χ0v) is 11.7. The van der Waals surface area contributed by atoms with Gasteiger partial charge >= 0.3 is 0 Å². The van der Waals surface area contributed by atoms with Gasteiger partial charge in [0.05, 0.1) is 6.67 Å². The molecule has 0 bridgehead atoms. The van der Waals surface area contributed by atoms with Crippen LogP contribution in [0.1, 0.15) is 13.8 Å². The van der Waals surface area contributed by atoms with Crippen molar-refractivity contribution in [1.82, 2.24) is 19.6 Å². The lowest BCUT2D eigenvalue weighted by molar-refractivity contribution is 0.0420. The summed E-state index contributed by atoms with van der Waals surface area (Å²) < 4.78 is 0. The molecule has 0 unspecified atom stereocenters. The van der Waals surface area contributed by atoms with Gasteiger partial charge in [-0.15, -0.1) is 0 Å². The fourth-order valence-electron chi connectivity index (χ4n) is 2.69. The molecule has 0 radical (unpaired) electrons. The summed E-state index contributed by atoms with van der Waals surface area (Å²) in [4.78, 5) is 10.2. The molecule has 0 aliphatic carbocycles. The standard InChI is InChI=1S/C13H28N4/c1-13(2)17-10-8-16(9-11-17)12-15-6-4-14(3)5-7-15/h13H,4-12H2,1-3H3. The summed E-state index contributed by atoms with van der Waals surface area (Å²) in [6.07, 6.45) is 0. The Hall–Kier alpha value is -0.160. The SMILES string of the molecule is CC(C)N1CCN(CN2CCN(C)CC2)CC1. The molecule has 2 saturated heterocycles. The number of piperazine rings is 2. The third-order valence-electron chi connectivity index (χ3n) is 4.13. The third kappa shape index (κ3) is 3.91. The van der Waals surface area contributed by atoms with Gasteiger partial charge in [-0.2, -0.15) is 0 Å². The molecule has 2 rings (SSSR count). The second-order valence-corrected chi connectivity index (χ2v) is 5.81. The Morgan fingerprint density at radius 1 is 0.765 bits per heavy atom. The zero-order valence-electron chi connectivity index (χ0n) is 11.7. The maximum atomic E-state index is 2.62. The summed E-state index contributed by atoms with van der Waals surface area (Å²) >= 11 is 0. The van der Waals surface area contributed by atoms with Crippen molar-refractivity contribution in [2.75, 3.05) is 66.1 Å². The van der Waals surface area contributed by atoms with Gasteiger partial charge in [-0.3, -0.25) is 14.7 Å². The Morgan fingerprint density at radius 3 is 1.71 bits per heavy atom. The van der Waals surface area contributed by atoms with E-state index in [4.69, 9.17) is 0 Å². The fraction of sp³-hybridized carbons (Fsp3) is 1.00. The van der Waals surface area contributed by atoms with E-state index in [1.807, 2.05) is 0 Å². The van der Waals surface area contributed by atoms with E-state index in [1.54, 1.807) is 0 Å². The Labute approximate surface area is 106 Å². The summed E-state index contributed by atoms with van der Waals surface area (Å²) in [5.74, 6) is 0. The van der Waals surface area contributed by atoms with Gasteiger partial charge in [-0.1, -0.05) is 0 Å². The number of nitrogens with zero attached hydrogens (tertiary/aromatic N) is 4. The molecular formula is C13H28N4. The van der Waals surface area contributed by atoms with E-state index in [-0.39, 0.29) is 0 Å². The van der Waals surface area contributed by atoms with Crippen LogP contribution in [-0.2, 0) is 0 Å². The topological polar surface area (TPSA) is 13.0 Å². The molecule has 0 aromatic carbocycles. The molecule has 2 heterocycles. The maximum absolute atomic E-state index is 2.62. The quantitative estimate of drug-likeness (QED) is 0.699. The highest BCUT2D eigenvalue weighted by Gasteiger charge is 2.21. The van der Waals surface area contributed by atoms with Gasteiger partial charge in [0.2, 0.25) is 0 Å². The van der Waals surface area contributed by atoms with Crippen LogP contribution in [0.4, 0.5) is 0 Å². The van der Waals surface area contributed by atoms with Crippen LogP contribution >= 0.6 is 0 Å². The normalized spacial score (nSPS) is 26.8. The average Bonchev–Trinajstić information content (AvgIpc) is 2.33. The molecule has 0 aromatic heterocycles. The number of likely N-dealkylation sites (N-methyl/N-ethyl adjacent to an activating group) is 1. The van der Waals surface area contributed by atoms with Crippen molar-refractivity contribution in [2.24, 2.45) is 0 Å². The Bertz CT molecular complexity index is 215. The summed E-state index contributed by atoms with van der Waals surface area (Å²) in [5.41, 5.74) is 0. The average molecular weight is 240 g/mol. The third-order valence-corrected chi connectivity index (χ3v) is 4.13. The zero-order chi connectivity index (χ0) is 12.3. The molecule has 100 valence electrons. The molecule has 0 N–H and O–H groups in total. The van der Waals surface area contributed by atoms with Gasteiger partial charge in [0.1, 0.15) is 0 Å². The highest BCUT2D eigenvalue weighted by Crippen LogP contribution is 2.07. The second-order valence-electron chi connectivity index (χ2n) is 5.81. The molecule has 4 nitrogen and oxygen atoms in total. The maximum Gasteiger partial charge on any atom is 0.0508 e. The molecule has 0 amide bonds. The van der Waals surface area contributed by atoms with Crippen LogP contribution in [-0.4, -0.2) is 91.7 Å². The summed E-state index contributed by atoms with van der Waals surface area (Å²) in [7, 11) is 2.22. The van der Waals surface area contributed by atoms with E-state index in [0.29, 0.717) is 6.04 Å². The highest BCUT2D eigenvalue weighted by atomic mass is 15.4. The van der Waals surface area contributed by atoms with Crippen LogP contribution in [0.15, 0.2) is 0 Å². The van der Waals surface area contributed by atoms with Gasteiger partial charge in [0.25, 0.3) is 0 Å². The van der Waals surface area contributed by atoms with Crippen molar-refractivity contribution < 1.29 is 0 Å². The van der Waals surface area contributed by atoms with Crippen molar-refractivity contribution in [3.8, 4) is 0 Å². The van der Waals surface area contributed by atoms with Crippen molar-refractivity contribution in [3.63, 3.8) is 0 Å². The lowest BCUT2D eigenvalue weighted by Crippen LogP contribution is -2.54. The van der Waals surface area contributed by atoms with Crippen molar-refractivity contribution >= 4 is 0 Å². The van der Waals surface area contributed by atoms with Crippen LogP contribution in [0.5, 0.6) is 0 Å². The van der Waals surface area contributed by atoms with Crippen molar-refractivity contribution in [1.29, 1.82) is 0 Å². The number of rotatable bonds is 3. The van der Waals surface area contributed by atoms with Crippen LogP contribution in [0.2, 0.25) is 0 Å². The van der Waals surface area contributed by atoms with E-state index in [2.05, 4.69) is 40.5 Å². The van der Waals surface area contributed by atoms with Crippen LogP contribution in [0.3, 0.4) is 0 Å². The largest absolute Gasteiger partial charge is 0.304 e. The Kier molecular flexibility index (Phi) is 4.79. The minimum absolute atomic E-state index is 0.709. The molecule has 0 atom stereocenters. The predicted molar refractivity (Wildman–Crippen MR) is 72.2 cm³/mol. The molecule has 0 saturated carbocycles. The van der Waals surface area contributed by atoms with Gasteiger partial charge in [-0.05, 0) is 20.9 Å². The summed E-state index contributed by atoms with van der Waals surface area (Å²) in [6, 6.07) is 0.709. The Balaban J connectivity index is 1.67. The van der Waals surface area contributed by atoms with E-state index < -0.39 is 0 Å². The van der Waals surface area contributed by atoms with Crippen LogP contribution in [0, 0.1) is 0 Å². The predicted octanol–water partition coefficient (Wildman–Crippen LogP) is 0.217. The van der Waals surface area contributed by atoms with Gasteiger partial charge in [0.15, 0.2) is 0 Å². The molecule has 2 aliphatic heterocycles. The second kappa shape index (κ2) is 6.14.